The Morgan fingerprint density at radius 2 is 2.00 bits per heavy atom. The Bertz CT molecular complexity index is 398. The molecule has 0 saturated carbocycles. The molecule has 4 N–H and O–H groups in total. The van der Waals surface area contributed by atoms with Crippen molar-refractivity contribution in [1.29, 1.82) is 0 Å². The summed E-state index contributed by atoms with van der Waals surface area (Å²) in [6.45, 7) is 2.45. The van der Waals surface area contributed by atoms with E-state index in [-0.39, 0.29) is 16.9 Å². The zero-order chi connectivity index (χ0) is 13.8. The molecule has 0 bridgehead atoms. The molecular formula is C9H14F3N5S. The molecule has 1 aromatic rings. The summed E-state index contributed by atoms with van der Waals surface area (Å²) in [5, 5.41) is 3.07. The van der Waals surface area contributed by atoms with Gasteiger partial charge in [-0.1, -0.05) is 6.92 Å². The summed E-state index contributed by atoms with van der Waals surface area (Å²) in [6.07, 6.45) is -2.69. The maximum atomic E-state index is 12.5. The Morgan fingerprint density at radius 1 is 1.39 bits per heavy atom. The highest BCUT2D eigenvalue weighted by Crippen LogP contribution is 2.28. The Kier molecular flexibility index (Phi) is 5.03. The Morgan fingerprint density at radius 3 is 2.50 bits per heavy atom. The molecule has 0 saturated heterocycles. The molecule has 0 spiro atoms. The quantitative estimate of drug-likeness (QED) is 0.566. The molecular weight excluding hydrogens is 267 g/mol. The van der Waals surface area contributed by atoms with E-state index in [1.165, 1.54) is 6.07 Å². The second-order valence-electron chi connectivity index (χ2n) is 3.53. The maximum Gasteiger partial charge on any atom is 0.451 e. The third-order valence-corrected chi connectivity index (χ3v) is 3.07. The minimum absolute atomic E-state index is 0.0865. The minimum Gasteiger partial charge on any atom is -0.369 e. The van der Waals surface area contributed by atoms with Gasteiger partial charge in [0.15, 0.2) is 0 Å². The van der Waals surface area contributed by atoms with E-state index in [2.05, 4.69) is 20.7 Å². The molecule has 0 aliphatic carbocycles. The Labute approximate surface area is 107 Å². The molecule has 0 fully saturated rings. The lowest BCUT2D eigenvalue weighted by atomic mass is 10.4. The molecule has 0 amide bonds. The van der Waals surface area contributed by atoms with Crippen LogP contribution in [-0.4, -0.2) is 28.0 Å². The normalized spacial score (nSPS) is 13.2. The van der Waals surface area contributed by atoms with Crippen LogP contribution in [0.3, 0.4) is 0 Å². The van der Waals surface area contributed by atoms with Crippen molar-refractivity contribution in [3.63, 3.8) is 0 Å². The van der Waals surface area contributed by atoms with Gasteiger partial charge in [-0.2, -0.15) is 24.9 Å². The smallest absolute Gasteiger partial charge is 0.369 e. The SMILES string of the molecule is CSC(C)CNc1cc(NN)nc(C(F)(F)F)n1. The average Bonchev–Trinajstić information content (AvgIpc) is 2.34. The molecule has 9 heteroatoms. The van der Waals surface area contributed by atoms with Crippen LogP contribution in [0.2, 0.25) is 0 Å². The predicted molar refractivity (Wildman–Crippen MR) is 66.3 cm³/mol. The van der Waals surface area contributed by atoms with Crippen molar-refractivity contribution >= 4 is 23.4 Å². The van der Waals surface area contributed by atoms with Gasteiger partial charge in [0.1, 0.15) is 11.6 Å². The van der Waals surface area contributed by atoms with Crippen molar-refractivity contribution < 1.29 is 13.2 Å². The summed E-state index contributed by atoms with van der Waals surface area (Å²) in [6, 6.07) is 1.32. The first-order valence-corrected chi connectivity index (χ1v) is 6.35. The van der Waals surface area contributed by atoms with Crippen LogP contribution in [0.1, 0.15) is 12.7 Å². The molecule has 0 aliphatic heterocycles. The van der Waals surface area contributed by atoms with Crippen molar-refractivity contribution in [2.75, 3.05) is 23.5 Å². The van der Waals surface area contributed by atoms with Crippen LogP contribution in [0, 0.1) is 0 Å². The number of nitrogen functional groups attached to an aromatic ring is 1. The fourth-order valence-electron chi connectivity index (χ4n) is 1.07. The second-order valence-corrected chi connectivity index (χ2v) is 4.81. The Hall–Kier alpha value is -1.22. The largest absolute Gasteiger partial charge is 0.451 e. The summed E-state index contributed by atoms with van der Waals surface area (Å²) < 4.78 is 37.6. The number of nitrogens with one attached hydrogen (secondary N) is 2. The van der Waals surface area contributed by atoms with Gasteiger partial charge < -0.3 is 10.7 Å². The minimum atomic E-state index is -4.60. The number of rotatable bonds is 5. The van der Waals surface area contributed by atoms with Crippen molar-refractivity contribution in [2.45, 2.75) is 18.3 Å². The van der Waals surface area contributed by atoms with Crippen LogP contribution in [0.5, 0.6) is 0 Å². The lowest BCUT2D eigenvalue weighted by Crippen LogP contribution is -2.19. The molecule has 1 atom stereocenters. The number of hydrazine groups is 1. The van der Waals surface area contributed by atoms with Crippen molar-refractivity contribution in [3.8, 4) is 0 Å². The molecule has 1 heterocycles. The zero-order valence-electron chi connectivity index (χ0n) is 9.88. The van der Waals surface area contributed by atoms with Gasteiger partial charge in [0.25, 0.3) is 0 Å². The first-order chi connectivity index (χ1) is 8.36. The highest BCUT2D eigenvalue weighted by Gasteiger charge is 2.35. The lowest BCUT2D eigenvalue weighted by molar-refractivity contribution is -0.144. The first kappa shape index (κ1) is 14.8. The molecule has 102 valence electrons. The number of halogens is 3. The van der Waals surface area contributed by atoms with E-state index in [0.29, 0.717) is 6.54 Å². The molecule has 0 radical (unpaired) electrons. The number of hydrogen-bond donors (Lipinski definition) is 3. The summed E-state index contributed by atoms with van der Waals surface area (Å²) in [4.78, 5) is 6.66. The molecule has 1 aromatic heterocycles. The zero-order valence-corrected chi connectivity index (χ0v) is 10.7. The third kappa shape index (κ3) is 4.22. The average molecular weight is 281 g/mol. The van der Waals surface area contributed by atoms with Gasteiger partial charge in [0.2, 0.25) is 5.82 Å². The molecule has 1 rings (SSSR count). The van der Waals surface area contributed by atoms with Crippen molar-refractivity contribution in [3.05, 3.63) is 11.9 Å². The summed E-state index contributed by atoms with van der Waals surface area (Å²) in [5.74, 6) is 3.85. The van der Waals surface area contributed by atoms with Crippen LogP contribution >= 0.6 is 11.8 Å². The second kappa shape index (κ2) is 6.10. The van der Waals surface area contributed by atoms with E-state index in [1.807, 2.05) is 13.2 Å². The van der Waals surface area contributed by atoms with Gasteiger partial charge in [-0.25, -0.2) is 15.8 Å². The first-order valence-electron chi connectivity index (χ1n) is 5.06. The van der Waals surface area contributed by atoms with E-state index < -0.39 is 12.0 Å². The third-order valence-electron chi connectivity index (χ3n) is 2.10. The van der Waals surface area contributed by atoms with Crippen molar-refractivity contribution in [1.82, 2.24) is 9.97 Å². The van der Waals surface area contributed by atoms with E-state index >= 15 is 0 Å². The molecule has 1 unspecified atom stereocenters. The van der Waals surface area contributed by atoms with Gasteiger partial charge in [-0.05, 0) is 6.26 Å². The van der Waals surface area contributed by atoms with Crippen molar-refractivity contribution in [2.24, 2.45) is 5.84 Å². The summed E-state index contributed by atoms with van der Waals surface area (Å²) in [7, 11) is 0. The molecule has 18 heavy (non-hydrogen) atoms. The topological polar surface area (TPSA) is 75.9 Å². The number of aromatic nitrogens is 2. The standard InChI is InChI=1S/C9H14F3N5S/c1-5(18-2)4-14-6-3-7(17-13)16-8(15-6)9(10,11)12/h3,5H,4,13H2,1-2H3,(H2,14,15,16,17). The van der Waals surface area contributed by atoms with Gasteiger partial charge >= 0.3 is 6.18 Å². The number of alkyl halides is 3. The molecule has 5 nitrogen and oxygen atoms in total. The lowest BCUT2D eigenvalue weighted by Gasteiger charge is -2.13. The number of nitrogens with two attached hydrogens (primary N) is 1. The van der Waals surface area contributed by atoms with Crippen LogP contribution in [-0.2, 0) is 6.18 Å². The summed E-state index contributed by atoms with van der Waals surface area (Å²) in [5.41, 5.74) is 2.09. The van der Waals surface area contributed by atoms with Crippen LogP contribution in [0.4, 0.5) is 24.8 Å². The van der Waals surface area contributed by atoms with Crippen LogP contribution < -0.4 is 16.6 Å². The number of thioether (sulfide) groups is 1. The monoisotopic (exact) mass is 281 g/mol. The number of hydrogen-bond acceptors (Lipinski definition) is 6. The van der Waals surface area contributed by atoms with Gasteiger partial charge in [-0.3, -0.25) is 0 Å². The van der Waals surface area contributed by atoms with Gasteiger partial charge in [-0.15, -0.1) is 0 Å². The Balaban J connectivity index is 2.91. The van der Waals surface area contributed by atoms with Gasteiger partial charge in [0.05, 0.1) is 0 Å². The van der Waals surface area contributed by atoms with E-state index in [1.54, 1.807) is 11.8 Å². The van der Waals surface area contributed by atoms with E-state index in [9.17, 15) is 13.2 Å². The van der Waals surface area contributed by atoms with E-state index in [0.717, 1.165) is 0 Å². The summed E-state index contributed by atoms with van der Waals surface area (Å²) >= 11 is 1.60. The fraction of sp³-hybridized carbons (Fsp3) is 0.556. The maximum absolute atomic E-state index is 12.5. The van der Waals surface area contributed by atoms with Crippen LogP contribution in [0.15, 0.2) is 6.07 Å². The fourth-order valence-corrected chi connectivity index (χ4v) is 1.32. The molecule has 0 aliphatic rings. The highest BCUT2D eigenvalue weighted by atomic mass is 32.2. The highest BCUT2D eigenvalue weighted by molar-refractivity contribution is 7.99. The predicted octanol–water partition coefficient (Wildman–Crippen LogP) is 1.94. The number of anilines is 2. The molecule has 0 aromatic carbocycles. The van der Waals surface area contributed by atoms with Gasteiger partial charge in [0, 0.05) is 17.9 Å². The van der Waals surface area contributed by atoms with E-state index in [4.69, 9.17) is 5.84 Å². The number of nitrogens with zero attached hydrogens (tertiary/aromatic N) is 2. The van der Waals surface area contributed by atoms with Crippen LogP contribution in [0.25, 0.3) is 0 Å².